The highest BCUT2D eigenvalue weighted by Gasteiger charge is 2.35. The van der Waals surface area contributed by atoms with Crippen molar-refractivity contribution in [3.63, 3.8) is 0 Å². The first-order valence-electron chi connectivity index (χ1n) is 8.07. The summed E-state index contributed by atoms with van der Waals surface area (Å²) in [6.45, 7) is -0.804. The number of aliphatic hydroxyl groups excluding tert-OH is 5. The molecule has 1 aliphatic heterocycles. The molecule has 28 heavy (non-hydrogen) atoms. The normalized spacial score (nSPS) is 18.0. The Bertz CT molecular complexity index is 887. The van der Waals surface area contributed by atoms with E-state index in [-0.39, 0.29) is 11.5 Å². The zero-order valence-corrected chi connectivity index (χ0v) is 15.0. The van der Waals surface area contributed by atoms with E-state index in [0.717, 1.165) is 0 Å². The Labute approximate surface area is 161 Å². The first-order valence-corrected chi connectivity index (χ1v) is 9.06. The van der Waals surface area contributed by atoms with Crippen LogP contribution in [0.15, 0.2) is 34.5 Å². The van der Waals surface area contributed by atoms with Crippen molar-refractivity contribution in [1.29, 1.82) is 0 Å². The molecule has 0 aliphatic carbocycles. The highest BCUT2D eigenvalue weighted by molar-refractivity contribution is 7.99. The van der Waals surface area contributed by atoms with E-state index in [4.69, 9.17) is 5.11 Å². The molecule has 12 nitrogen and oxygen atoms in total. The topological polar surface area (TPSA) is 187 Å². The van der Waals surface area contributed by atoms with Gasteiger partial charge < -0.3 is 25.5 Å². The SMILES string of the molecule is O=[N+]([O-])c1ccc(C2=Nn3c(nnc3[C@H](O)[C@@H](O)[C@H](O)[C@H](O)CO)SC2)cc1. The quantitative estimate of drug-likeness (QED) is 0.269. The van der Waals surface area contributed by atoms with Gasteiger partial charge in [0.2, 0.25) is 5.16 Å². The summed E-state index contributed by atoms with van der Waals surface area (Å²) in [5, 5.41) is 71.6. The largest absolute Gasteiger partial charge is 0.394 e. The van der Waals surface area contributed by atoms with Crippen LogP contribution in [0.2, 0.25) is 0 Å². The van der Waals surface area contributed by atoms with E-state index in [9.17, 15) is 30.5 Å². The van der Waals surface area contributed by atoms with Gasteiger partial charge in [0, 0.05) is 17.9 Å². The summed E-state index contributed by atoms with van der Waals surface area (Å²) in [6, 6.07) is 5.77. The van der Waals surface area contributed by atoms with E-state index in [1.165, 1.54) is 28.6 Å². The van der Waals surface area contributed by atoms with Crippen molar-refractivity contribution in [1.82, 2.24) is 14.9 Å². The number of non-ortho nitro benzene ring substituents is 1. The molecule has 2 aromatic rings. The summed E-state index contributed by atoms with van der Waals surface area (Å²) < 4.78 is 1.19. The minimum absolute atomic E-state index is 0.0616. The summed E-state index contributed by atoms with van der Waals surface area (Å²) in [7, 11) is 0. The first kappa shape index (κ1) is 20.3. The Morgan fingerprint density at radius 2 is 1.82 bits per heavy atom. The Morgan fingerprint density at radius 1 is 1.14 bits per heavy atom. The molecular formula is C15H17N5O7S. The van der Waals surface area contributed by atoms with Gasteiger partial charge in [-0.25, -0.2) is 0 Å². The first-order chi connectivity index (χ1) is 13.3. The van der Waals surface area contributed by atoms with Gasteiger partial charge in [-0.15, -0.1) is 10.2 Å². The van der Waals surface area contributed by atoms with E-state index in [1.54, 1.807) is 12.1 Å². The van der Waals surface area contributed by atoms with Gasteiger partial charge in [-0.3, -0.25) is 10.1 Å². The monoisotopic (exact) mass is 411 g/mol. The maximum absolute atomic E-state index is 10.8. The zero-order chi connectivity index (χ0) is 20.4. The molecule has 5 N–H and O–H groups in total. The molecule has 1 aromatic carbocycles. The number of hydrogen-bond acceptors (Lipinski definition) is 11. The number of aliphatic hydroxyl groups is 5. The van der Waals surface area contributed by atoms with Crippen molar-refractivity contribution < 1.29 is 30.5 Å². The fourth-order valence-electron chi connectivity index (χ4n) is 2.52. The Kier molecular flexibility index (Phi) is 6.02. The molecule has 0 saturated carbocycles. The molecule has 0 fully saturated rings. The van der Waals surface area contributed by atoms with Gasteiger partial charge >= 0.3 is 0 Å². The van der Waals surface area contributed by atoms with Crippen LogP contribution in [0, 0.1) is 10.1 Å². The number of fused-ring (bicyclic) bond motifs is 1. The van der Waals surface area contributed by atoms with Crippen molar-refractivity contribution in [2.24, 2.45) is 5.10 Å². The van der Waals surface area contributed by atoms with Crippen molar-refractivity contribution in [3.05, 3.63) is 45.8 Å². The Hall–Kier alpha value is -2.42. The van der Waals surface area contributed by atoms with Crippen LogP contribution in [-0.4, -0.2) is 81.7 Å². The standard InChI is InChI=1S/C15H17N5O7S/c21-5-10(22)11(23)12(24)13(25)14-16-17-15-19(14)18-9(6-28-15)7-1-3-8(4-2-7)20(26)27/h1-4,10-13,21-25H,5-6H2/t10-,11-,12+,13-/m1/s1. The molecule has 13 heteroatoms. The van der Waals surface area contributed by atoms with Crippen LogP contribution in [0.5, 0.6) is 0 Å². The average molecular weight is 411 g/mol. The second-order valence-electron chi connectivity index (χ2n) is 5.97. The molecule has 0 spiro atoms. The molecule has 4 atom stereocenters. The van der Waals surface area contributed by atoms with Crippen LogP contribution < -0.4 is 0 Å². The van der Waals surface area contributed by atoms with Crippen molar-refractivity contribution in [3.8, 4) is 0 Å². The number of hydrogen-bond donors (Lipinski definition) is 5. The minimum Gasteiger partial charge on any atom is -0.394 e. The molecule has 2 heterocycles. The van der Waals surface area contributed by atoms with Crippen LogP contribution >= 0.6 is 11.8 Å². The summed E-state index contributed by atoms with van der Waals surface area (Å²) in [5.41, 5.74) is 1.09. The Balaban J connectivity index is 1.88. The molecule has 150 valence electrons. The molecule has 1 aromatic heterocycles. The maximum atomic E-state index is 10.8. The second-order valence-corrected chi connectivity index (χ2v) is 6.91. The van der Waals surface area contributed by atoms with E-state index in [0.29, 0.717) is 22.2 Å². The predicted molar refractivity (Wildman–Crippen MR) is 95.8 cm³/mol. The number of aromatic nitrogens is 3. The predicted octanol–water partition coefficient (Wildman–Crippen LogP) is -1.35. The van der Waals surface area contributed by atoms with E-state index in [2.05, 4.69) is 15.3 Å². The highest BCUT2D eigenvalue weighted by atomic mass is 32.2. The third kappa shape index (κ3) is 3.89. The van der Waals surface area contributed by atoms with Crippen LogP contribution in [0.25, 0.3) is 0 Å². The lowest BCUT2D eigenvalue weighted by Gasteiger charge is -2.25. The van der Waals surface area contributed by atoms with Gasteiger partial charge in [0.1, 0.15) is 24.4 Å². The van der Waals surface area contributed by atoms with Crippen molar-refractivity contribution in [2.75, 3.05) is 12.4 Å². The maximum Gasteiger partial charge on any atom is 0.269 e. The molecule has 0 saturated heterocycles. The lowest BCUT2D eigenvalue weighted by molar-refractivity contribution is -0.384. The third-order valence-corrected chi connectivity index (χ3v) is 5.06. The van der Waals surface area contributed by atoms with Gasteiger partial charge in [-0.2, -0.15) is 9.78 Å². The fraction of sp³-hybridized carbons (Fsp3) is 0.400. The van der Waals surface area contributed by atoms with Crippen molar-refractivity contribution in [2.45, 2.75) is 29.6 Å². The minimum atomic E-state index is -1.85. The number of benzene rings is 1. The Morgan fingerprint density at radius 3 is 2.43 bits per heavy atom. The fourth-order valence-corrected chi connectivity index (χ4v) is 3.36. The number of nitro groups is 1. The summed E-state index contributed by atoms with van der Waals surface area (Å²) in [4.78, 5) is 10.3. The number of thioether (sulfide) groups is 1. The molecule has 3 rings (SSSR count). The summed E-state index contributed by atoms with van der Waals surface area (Å²) >= 11 is 1.25. The van der Waals surface area contributed by atoms with Crippen LogP contribution in [0.1, 0.15) is 17.5 Å². The van der Waals surface area contributed by atoms with Crippen LogP contribution in [0.3, 0.4) is 0 Å². The van der Waals surface area contributed by atoms with E-state index in [1.807, 2.05) is 0 Å². The molecule has 0 amide bonds. The number of nitrogens with zero attached hydrogens (tertiary/aromatic N) is 5. The van der Waals surface area contributed by atoms with Gasteiger partial charge in [0.05, 0.1) is 17.2 Å². The molecular weight excluding hydrogens is 394 g/mol. The van der Waals surface area contributed by atoms with Crippen LogP contribution in [0.4, 0.5) is 5.69 Å². The zero-order valence-electron chi connectivity index (χ0n) is 14.2. The van der Waals surface area contributed by atoms with Crippen LogP contribution in [-0.2, 0) is 0 Å². The number of nitro benzene ring substituents is 1. The van der Waals surface area contributed by atoms with Gasteiger partial charge in [0.15, 0.2) is 5.82 Å². The smallest absolute Gasteiger partial charge is 0.269 e. The summed E-state index contributed by atoms with van der Waals surface area (Å²) in [6.07, 6.45) is -7.05. The lowest BCUT2D eigenvalue weighted by Crippen LogP contribution is -2.43. The van der Waals surface area contributed by atoms with Gasteiger partial charge in [-0.1, -0.05) is 11.8 Å². The van der Waals surface area contributed by atoms with E-state index < -0.39 is 35.9 Å². The van der Waals surface area contributed by atoms with E-state index >= 15 is 0 Å². The van der Waals surface area contributed by atoms with Gasteiger partial charge in [0.25, 0.3) is 5.69 Å². The lowest BCUT2D eigenvalue weighted by atomic mass is 10.0. The average Bonchev–Trinajstić information content (AvgIpc) is 3.14. The van der Waals surface area contributed by atoms with Crippen molar-refractivity contribution >= 4 is 23.2 Å². The molecule has 1 aliphatic rings. The highest BCUT2D eigenvalue weighted by Crippen LogP contribution is 2.28. The second kappa shape index (κ2) is 8.30. The van der Waals surface area contributed by atoms with Gasteiger partial charge in [-0.05, 0) is 17.7 Å². The third-order valence-electron chi connectivity index (χ3n) is 4.13. The number of rotatable bonds is 7. The molecule has 0 bridgehead atoms. The molecule has 0 unspecified atom stereocenters. The molecule has 0 radical (unpaired) electrons. The summed E-state index contributed by atoms with van der Waals surface area (Å²) in [5.74, 6) is 0.235.